The molecule has 8 heteroatoms. The Hall–Kier alpha value is -2.54. The lowest BCUT2D eigenvalue weighted by atomic mass is 10.2. The summed E-state index contributed by atoms with van der Waals surface area (Å²) in [6.45, 7) is 2.45. The average Bonchev–Trinajstić information content (AvgIpc) is 3.14. The second-order valence-electron chi connectivity index (χ2n) is 6.73. The first-order chi connectivity index (χ1) is 13.1. The highest BCUT2D eigenvalue weighted by atomic mass is 35.5. The van der Waals surface area contributed by atoms with Gasteiger partial charge in [0, 0.05) is 59.2 Å². The fourth-order valence-corrected chi connectivity index (χ4v) is 3.31. The lowest BCUT2D eigenvalue weighted by Crippen LogP contribution is -2.44. The SMILES string of the molecule is CN=C(NCc1ccnc(N(C)C)c1)NC1CCN(c2ncccc2Cl)C1. The van der Waals surface area contributed by atoms with Gasteiger partial charge in [-0.2, -0.15) is 0 Å². The maximum absolute atomic E-state index is 6.27. The largest absolute Gasteiger partial charge is 0.363 e. The molecule has 2 aromatic heterocycles. The van der Waals surface area contributed by atoms with E-state index in [0.29, 0.717) is 17.6 Å². The molecule has 1 atom stereocenters. The van der Waals surface area contributed by atoms with Crippen LogP contribution < -0.4 is 20.4 Å². The third-order valence-corrected chi connectivity index (χ3v) is 4.81. The summed E-state index contributed by atoms with van der Waals surface area (Å²) >= 11 is 6.27. The molecule has 0 amide bonds. The first-order valence-electron chi connectivity index (χ1n) is 9.01. The van der Waals surface area contributed by atoms with Crippen molar-refractivity contribution in [3.8, 4) is 0 Å². The Morgan fingerprint density at radius 2 is 2.19 bits per heavy atom. The molecular weight excluding hydrogens is 362 g/mol. The molecule has 1 saturated heterocycles. The zero-order valence-corrected chi connectivity index (χ0v) is 16.7. The maximum Gasteiger partial charge on any atom is 0.191 e. The number of aliphatic imine (C=N–C) groups is 1. The smallest absolute Gasteiger partial charge is 0.191 e. The lowest BCUT2D eigenvalue weighted by molar-refractivity contribution is 0.648. The van der Waals surface area contributed by atoms with Gasteiger partial charge in [0.25, 0.3) is 0 Å². The normalized spacial score (nSPS) is 17.1. The molecule has 7 nitrogen and oxygen atoms in total. The van der Waals surface area contributed by atoms with Crippen LogP contribution in [0.1, 0.15) is 12.0 Å². The summed E-state index contributed by atoms with van der Waals surface area (Å²) in [5.74, 6) is 2.58. The Morgan fingerprint density at radius 1 is 1.33 bits per heavy atom. The van der Waals surface area contributed by atoms with Crippen molar-refractivity contribution in [3.63, 3.8) is 0 Å². The summed E-state index contributed by atoms with van der Waals surface area (Å²) < 4.78 is 0. The van der Waals surface area contributed by atoms with Gasteiger partial charge in [-0.25, -0.2) is 9.97 Å². The van der Waals surface area contributed by atoms with E-state index in [1.165, 1.54) is 0 Å². The highest BCUT2D eigenvalue weighted by Gasteiger charge is 2.25. The van der Waals surface area contributed by atoms with Crippen LogP contribution in [0.15, 0.2) is 41.7 Å². The molecule has 0 aromatic carbocycles. The molecule has 1 aliphatic heterocycles. The molecule has 0 bridgehead atoms. The van der Waals surface area contributed by atoms with Gasteiger partial charge in [-0.3, -0.25) is 4.99 Å². The number of nitrogens with zero attached hydrogens (tertiary/aromatic N) is 5. The minimum Gasteiger partial charge on any atom is -0.363 e. The second-order valence-corrected chi connectivity index (χ2v) is 7.13. The van der Waals surface area contributed by atoms with Crippen molar-refractivity contribution in [3.05, 3.63) is 47.2 Å². The van der Waals surface area contributed by atoms with Gasteiger partial charge in [0.05, 0.1) is 5.02 Å². The van der Waals surface area contributed by atoms with Crippen molar-refractivity contribution in [2.75, 3.05) is 44.0 Å². The molecule has 3 heterocycles. The second kappa shape index (κ2) is 8.90. The van der Waals surface area contributed by atoms with Crippen molar-refractivity contribution in [1.82, 2.24) is 20.6 Å². The number of hydrogen-bond donors (Lipinski definition) is 2. The highest BCUT2D eigenvalue weighted by Crippen LogP contribution is 2.25. The molecule has 0 saturated carbocycles. The Kier molecular flexibility index (Phi) is 6.34. The number of nitrogens with one attached hydrogen (secondary N) is 2. The molecular formula is C19H26ClN7. The van der Waals surface area contributed by atoms with Crippen LogP contribution in [0, 0.1) is 0 Å². The van der Waals surface area contributed by atoms with E-state index < -0.39 is 0 Å². The monoisotopic (exact) mass is 387 g/mol. The lowest BCUT2D eigenvalue weighted by Gasteiger charge is -2.20. The maximum atomic E-state index is 6.27. The van der Waals surface area contributed by atoms with E-state index in [9.17, 15) is 0 Å². The summed E-state index contributed by atoms with van der Waals surface area (Å²) in [7, 11) is 5.76. The van der Waals surface area contributed by atoms with Crippen LogP contribution in [0.4, 0.5) is 11.6 Å². The number of aromatic nitrogens is 2. The molecule has 0 aliphatic carbocycles. The number of pyridine rings is 2. The molecule has 1 unspecified atom stereocenters. The zero-order valence-electron chi connectivity index (χ0n) is 16.0. The standard InChI is InChI=1S/C19H26ClN7/c1-21-19(24-12-14-6-9-22-17(11-14)26(2)3)25-15-7-10-27(13-15)18-16(20)5-4-8-23-18/h4-6,8-9,11,15H,7,10,12-13H2,1-3H3,(H2,21,24,25). The van der Waals surface area contributed by atoms with E-state index in [-0.39, 0.29) is 0 Å². The molecule has 27 heavy (non-hydrogen) atoms. The van der Waals surface area contributed by atoms with Crippen LogP contribution in [0.3, 0.4) is 0 Å². The van der Waals surface area contributed by atoms with E-state index in [1.54, 1.807) is 13.2 Å². The topological polar surface area (TPSA) is 68.7 Å². The Bertz CT molecular complexity index is 793. The van der Waals surface area contributed by atoms with Gasteiger partial charge in [-0.1, -0.05) is 11.6 Å². The highest BCUT2D eigenvalue weighted by molar-refractivity contribution is 6.32. The van der Waals surface area contributed by atoms with Crippen LogP contribution in [0.25, 0.3) is 0 Å². The predicted molar refractivity (Wildman–Crippen MR) is 112 cm³/mol. The Morgan fingerprint density at radius 3 is 2.93 bits per heavy atom. The van der Waals surface area contributed by atoms with Gasteiger partial charge in [-0.05, 0) is 36.2 Å². The fraction of sp³-hybridized carbons (Fsp3) is 0.421. The Balaban J connectivity index is 1.54. The molecule has 0 spiro atoms. The first kappa shape index (κ1) is 19.2. The van der Waals surface area contributed by atoms with Crippen LogP contribution in [-0.2, 0) is 6.54 Å². The van der Waals surface area contributed by atoms with E-state index in [4.69, 9.17) is 11.6 Å². The van der Waals surface area contributed by atoms with Crippen molar-refractivity contribution in [2.45, 2.75) is 19.0 Å². The van der Waals surface area contributed by atoms with Gasteiger partial charge >= 0.3 is 0 Å². The molecule has 0 radical (unpaired) electrons. The van der Waals surface area contributed by atoms with Crippen LogP contribution >= 0.6 is 11.6 Å². The molecule has 2 aromatic rings. The summed E-state index contributed by atoms with van der Waals surface area (Å²) in [6, 6.07) is 8.10. The number of rotatable bonds is 5. The van der Waals surface area contributed by atoms with Crippen LogP contribution in [-0.4, -0.2) is 56.2 Å². The number of anilines is 2. The third kappa shape index (κ3) is 5.01. The van der Waals surface area contributed by atoms with Crippen molar-refractivity contribution < 1.29 is 0 Å². The van der Waals surface area contributed by atoms with Gasteiger partial charge < -0.3 is 20.4 Å². The number of halogens is 1. The predicted octanol–water partition coefficient (Wildman–Crippen LogP) is 2.14. The molecule has 3 rings (SSSR count). The molecule has 1 fully saturated rings. The van der Waals surface area contributed by atoms with E-state index in [1.807, 2.05) is 43.4 Å². The summed E-state index contributed by atoms with van der Waals surface area (Å²) in [5.41, 5.74) is 1.16. The minimum absolute atomic E-state index is 0.295. The van der Waals surface area contributed by atoms with Gasteiger partial charge in [0.15, 0.2) is 5.96 Å². The minimum atomic E-state index is 0.295. The zero-order chi connectivity index (χ0) is 19.2. The van der Waals surface area contributed by atoms with E-state index in [2.05, 4.69) is 36.6 Å². The van der Waals surface area contributed by atoms with Gasteiger partial charge in [-0.15, -0.1) is 0 Å². The molecule has 1 aliphatic rings. The van der Waals surface area contributed by atoms with Crippen molar-refractivity contribution in [2.24, 2.45) is 4.99 Å². The van der Waals surface area contributed by atoms with Crippen molar-refractivity contribution >= 4 is 29.2 Å². The summed E-state index contributed by atoms with van der Waals surface area (Å²) in [4.78, 5) is 17.3. The van der Waals surface area contributed by atoms with Crippen LogP contribution in [0.2, 0.25) is 5.02 Å². The summed E-state index contributed by atoms with van der Waals surface area (Å²) in [5, 5.41) is 7.56. The quantitative estimate of drug-likeness (QED) is 0.605. The summed E-state index contributed by atoms with van der Waals surface area (Å²) in [6.07, 6.45) is 4.61. The third-order valence-electron chi connectivity index (χ3n) is 4.52. The van der Waals surface area contributed by atoms with Crippen LogP contribution in [0.5, 0.6) is 0 Å². The van der Waals surface area contributed by atoms with E-state index in [0.717, 1.165) is 42.7 Å². The van der Waals surface area contributed by atoms with Crippen molar-refractivity contribution in [1.29, 1.82) is 0 Å². The molecule has 144 valence electrons. The Labute approximate surface area is 165 Å². The average molecular weight is 388 g/mol. The number of guanidine groups is 1. The van der Waals surface area contributed by atoms with Gasteiger partial charge in [0.2, 0.25) is 0 Å². The van der Waals surface area contributed by atoms with E-state index >= 15 is 0 Å². The fourth-order valence-electron chi connectivity index (χ4n) is 3.07. The van der Waals surface area contributed by atoms with Gasteiger partial charge in [0.1, 0.15) is 11.6 Å². The molecule has 2 N–H and O–H groups in total. The number of hydrogen-bond acceptors (Lipinski definition) is 5. The first-order valence-corrected chi connectivity index (χ1v) is 9.39.